The van der Waals surface area contributed by atoms with E-state index in [-0.39, 0.29) is 11.8 Å². The van der Waals surface area contributed by atoms with Gasteiger partial charge in [0.1, 0.15) is 5.75 Å². The van der Waals surface area contributed by atoms with E-state index >= 15 is 0 Å². The Balaban J connectivity index is 1.59. The monoisotopic (exact) mass is 442 g/mol. The van der Waals surface area contributed by atoms with Crippen molar-refractivity contribution in [3.63, 3.8) is 0 Å². The molecular formula is C23H20F2N2O3S. The minimum Gasteiger partial charge on any atom is -0.495 e. The molecule has 3 aromatic carbocycles. The predicted octanol–water partition coefficient (Wildman–Crippen LogP) is 5.35. The number of nitrogens with one attached hydrogen (secondary N) is 2. The van der Waals surface area contributed by atoms with Crippen LogP contribution in [0.4, 0.5) is 20.2 Å². The summed E-state index contributed by atoms with van der Waals surface area (Å²) in [4.78, 5) is 25.3. The number of rotatable bonds is 7. The highest BCUT2D eigenvalue weighted by Crippen LogP contribution is 2.26. The van der Waals surface area contributed by atoms with Gasteiger partial charge in [0.05, 0.1) is 18.0 Å². The lowest BCUT2D eigenvalue weighted by molar-refractivity contribution is -0.115. The Labute approximate surface area is 182 Å². The second-order valence-electron chi connectivity index (χ2n) is 6.56. The molecule has 160 valence electrons. The maximum Gasteiger partial charge on any atom is 0.255 e. The normalized spacial score (nSPS) is 11.5. The number of hydrogen-bond donors (Lipinski definition) is 2. The molecule has 3 rings (SSSR count). The zero-order chi connectivity index (χ0) is 22.4. The van der Waals surface area contributed by atoms with Crippen molar-refractivity contribution in [3.8, 4) is 5.75 Å². The van der Waals surface area contributed by atoms with Crippen LogP contribution in [0.1, 0.15) is 17.3 Å². The maximum absolute atomic E-state index is 13.3. The number of benzene rings is 3. The number of ether oxygens (including phenoxy) is 1. The van der Waals surface area contributed by atoms with Crippen LogP contribution in [0, 0.1) is 11.6 Å². The second-order valence-corrected chi connectivity index (χ2v) is 7.97. The molecule has 0 radical (unpaired) electrons. The van der Waals surface area contributed by atoms with Crippen LogP contribution in [0.2, 0.25) is 0 Å². The Kier molecular flexibility index (Phi) is 7.25. The molecular weight excluding hydrogens is 422 g/mol. The summed E-state index contributed by atoms with van der Waals surface area (Å²) in [5.41, 5.74) is 1.47. The van der Waals surface area contributed by atoms with Crippen molar-refractivity contribution in [1.82, 2.24) is 0 Å². The van der Waals surface area contributed by atoms with Crippen molar-refractivity contribution in [1.29, 1.82) is 0 Å². The fourth-order valence-corrected chi connectivity index (χ4v) is 3.59. The van der Waals surface area contributed by atoms with Crippen LogP contribution in [0.5, 0.6) is 5.75 Å². The third-order valence-electron chi connectivity index (χ3n) is 4.34. The van der Waals surface area contributed by atoms with Gasteiger partial charge in [0.2, 0.25) is 5.91 Å². The number of thioether (sulfide) groups is 1. The summed E-state index contributed by atoms with van der Waals surface area (Å²) in [6.07, 6.45) is 0. The van der Waals surface area contributed by atoms with Gasteiger partial charge in [-0.3, -0.25) is 9.59 Å². The number of para-hydroxylation sites is 2. The fourth-order valence-electron chi connectivity index (χ4n) is 2.70. The molecule has 2 amide bonds. The van der Waals surface area contributed by atoms with Gasteiger partial charge in [0.15, 0.2) is 11.6 Å². The van der Waals surface area contributed by atoms with Gasteiger partial charge < -0.3 is 15.4 Å². The summed E-state index contributed by atoms with van der Waals surface area (Å²) >= 11 is 1.11. The van der Waals surface area contributed by atoms with Crippen molar-refractivity contribution in [2.24, 2.45) is 0 Å². The largest absolute Gasteiger partial charge is 0.495 e. The molecule has 0 aromatic heterocycles. The topological polar surface area (TPSA) is 67.4 Å². The number of anilines is 2. The SMILES string of the molecule is COc1ccccc1NC(=O)c1ccc(NC(=O)C(C)Sc2ccc(F)c(F)c2)cc1. The van der Waals surface area contributed by atoms with Gasteiger partial charge in [0, 0.05) is 16.1 Å². The lowest BCUT2D eigenvalue weighted by atomic mass is 10.2. The smallest absolute Gasteiger partial charge is 0.255 e. The quantitative estimate of drug-likeness (QED) is 0.485. The van der Waals surface area contributed by atoms with E-state index in [1.54, 1.807) is 55.5 Å². The highest BCUT2D eigenvalue weighted by atomic mass is 32.2. The third-order valence-corrected chi connectivity index (χ3v) is 5.44. The molecule has 0 saturated carbocycles. The van der Waals surface area contributed by atoms with Gasteiger partial charge in [0.25, 0.3) is 5.91 Å². The van der Waals surface area contributed by atoms with Crippen LogP contribution in [0.3, 0.4) is 0 Å². The van der Waals surface area contributed by atoms with E-state index in [1.807, 2.05) is 0 Å². The Morgan fingerprint density at radius 1 is 0.935 bits per heavy atom. The Morgan fingerprint density at radius 3 is 2.32 bits per heavy atom. The Hall–Kier alpha value is -3.39. The fraction of sp³-hybridized carbons (Fsp3) is 0.130. The summed E-state index contributed by atoms with van der Waals surface area (Å²) in [5.74, 6) is -1.96. The lowest BCUT2D eigenvalue weighted by Crippen LogP contribution is -2.22. The standard InChI is InChI=1S/C23H20F2N2O3S/c1-14(31-17-11-12-18(24)19(25)13-17)22(28)26-16-9-7-15(8-10-16)23(29)27-20-5-3-4-6-21(20)30-2/h3-14H,1-2H3,(H,26,28)(H,27,29). The van der Waals surface area contributed by atoms with Crippen molar-refractivity contribution in [3.05, 3.63) is 83.9 Å². The summed E-state index contributed by atoms with van der Waals surface area (Å²) in [5, 5.41) is 4.98. The summed E-state index contributed by atoms with van der Waals surface area (Å²) in [6.45, 7) is 1.66. The molecule has 0 aliphatic rings. The molecule has 0 aliphatic carbocycles. The van der Waals surface area contributed by atoms with E-state index in [0.29, 0.717) is 27.6 Å². The third kappa shape index (κ3) is 5.82. The van der Waals surface area contributed by atoms with Gasteiger partial charge in [-0.1, -0.05) is 12.1 Å². The Bertz CT molecular complexity index is 1090. The summed E-state index contributed by atoms with van der Waals surface area (Å²) < 4.78 is 31.6. The molecule has 1 unspecified atom stereocenters. The van der Waals surface area contributed by atoms with Gasteiger partial charge in [-0.2, -0.15) is 0 Å². The van der Waals surface area contributed by atoms with E-state index in [9.17, 15) is 18.4 Å². The minimum atomic E-state index is -0.959. The average Bonchev–Trinajstić information content (AvgIpc) is 2.77. The highest BCUT2D eigenvalue weighted by molar-refractivity contribution is 8.00. The lowest BCUT2D eigenvalue weighted by Gasteiger charge is -2.13. The number of halogens is 2. The molecule has 0 bridgehead atoms. The van der Waals surface area contributed by atoms with Crippen LogP contribution in [-0.2, 0) is 4.79 Å². The van der Waals surface area contributed by atoms with Crippen LogP contribution < -0.4 is 15.4 Å². The van der Waals surface area contributed by atoms with E-state index in [2.05, 4.69) is 10.6 Å². The number of methoxy groups -OCH3 is 1. The van der Waals surface area contributed by atoms with Gasteiger partial charge in [-0.15, -0.1) is 11.8 Å². The van der Waals surface area contributed by atoms with E-state index in [4.69, 9.17) is 4.74 Å². The van der Waals surface area contributed by atoms with Crippen LogP contribution >= 0.6 is 11.8 Å². The van der Waals surface area contributed by atoms with Gasteiger partial charge >= 0.3 is 0 Å². The van der Waals surface area contributed by atoms with Crippen LogP contribution in [0.25, 0.3) is 0 Å². The molecule has 0 aliphatic heterocycles. The first-order chi connectivity index (χ1) is 14.9. The molecule has 5 nitrogen and oxygen atoms in total. The van der Waals surface area contributed by atoms with E-state index in [0.717, 1.165) is 23.9 Å². The zero-order valence-electron chi connectivity index (χ0n) is 16.8. The summed E-state index contributed by atoms with van der Waals surface area (Å²) in [6, 6.07) is 17.0. The molecule has 1 atom stereocenters. The molecule has 31 heavy (non-hydrogen) atoms. The van der Waals surface area contributed by atoms with E-state index < -0.39 is 16.9 Å². The van der Waals surface area contributed by atoms with Crippen molar-refractivity contribution in [2.75, 3.05) is 17.7 Å². The first-order valence-electron chi connectivity index (χ1n) is 9.34. The predicted molar refractivity (Wildman–Crippen MR) is 118 cm³/mol. The van der Waals surface area contributed by atoms with Crippen molar-refractivity contribution < 1.29 is 23.1 Å². The van der Waals surface area contributed by atoms with Crippen LogP contribution in [0.15, 0.2) is 71.6 Å². The Morgan fingerprint density at radius 2 is 1.65 bits per heavy atom. The molecule has 8 heteroatoms. The van der Waals surface area contributed by atoms with E-state index in [1.165, 1.54) is 13.2 Å². The molecule has 0 spiro atoms. The average molecular weight is 442 g/mol. The van der Waals surface area contributed by atoms with Gasteiger partial charge in [-0.25, -0.2) is 8.78 Å². The first-order valence-corrected chi connectivity index (χ1v) is 10.2. The number of carbonyl (C=O) groups excluding carboxylic acids is 2. The van der Waals surface area contributed by atoms with Crippen molar-refractivity contribution >= 4 is 35.0 Å². The first kappa shape index (κ1) is 22.3. The second kappa shape index (κ2) is 10.1. The molecule has 3 aromatic rings. The highest BCUT2D eigenvalue weighted by Gasteiger charge is 2.16. The maximum atomic E-state index is 13.3. The zero-order valence-corrected chi connectivity index (χ0v) is 17.6. The minimum absolute atomic E-state index is 0.305. The molecule has 0 fully saturated rings. The number of hydrogen-bond acceptors (Lipinski definition) is 4. The summed E-state index contributed by atoms with van der Waals surface area (Å²) in [7, 11) is 1.52. The molecule has 0 saturated heterocycles. The van der Waals surface area contributed by atoms with Crippen LogP contribution in [-0.4, -0.2) is 24.2 Å². The molecule has 2 N–H and O–H groups in total. The number of amides is 2. The van der Waals surface area contributed by atoms with Gasteiger partial charge in [-0.05, 0) is 61.5 Å². The molecule has 0 heterocycles. The van der Waals surface area contributed by atoms with Crippen molar-refractivity contribution in [2.45, 2.75) is 17.1 Å². The number of carbonyl (C=O) groups is 2.